The van der Waals surface area contributed by atoms with E-state index in [9.17, 15) is 4.79 Å². The molecule has 0 radical (unpaired) electrons. The highest BCUT2D eigenvalue weighted by molar-refractivity contribution is 7.12. The standard InChI is InChI=1S/C8H11NO3S/c1-5(10)9-6-3-4-13-7(6)8(11)12-2/h3-5,9-10H,1-2H3. The Kier molecular flexibility index (Phi) is 3.27. The van der Waals surface area contributed by atoms with E-state index < -0.39 is 12.2 Å². The molecule has 0 aromatic carbocycles. The Bertz CT molecular complexity index is 295. The van der Waals surface area contributed by atoms with Gasteiger partial charge in [0.25, 0.3) is 0 Å². The fourth-order valence-corrected chi connectivity index (χ4v) is 1.67. The van der Waals surface area contributed by atoms with Crippen LogP contribution in [0, 0.1) is 0 Å². The molecule has 13 heavy (non-hydrogen) atoms. The van der Waals surface area contributed by atoms with Crippen molar-refractivity contribution in [3.8, 4) is 0 Å². The number of carbonyl (C=O) groups is 1. The normalized spacial score (nSPS) is 12.2. The van der Waals surface area contributed by atoms with Crippen LogP contribution in [-0.2, 0) is 4.74 Å². The smallest absolute Gasteiger partial charge is 0.350 e. The maximum atomic E-state index is 11.1. The quantitative estimate of drug-likeness (QED) is 0.571. The molecule has 1 heterocycles. The second-order valence-corrected chi connectivity index (χ2v) is 3.39. The number of aliphatic hydroxyl groups is 1. The first kappa shape index (κ1) is 10.0. The monoisotopic (exact) mass is 201 g/mol. The minimum absolute atomic E-state index is 0.391. The van der Waals surface area contributed by atoms with Crippen LogP contribution in [0.4, 0.5) is 5.69 Å². The van der Waals surface area contributed by atoms with E-state index in [4.69, 9.17) is 5.11 Å². The predicted molar refractivity (Wildman–Crippen MR) is 51.0 cm³/mol. The van der Waals surface area contributed by atoms with Gasteiger partial charge < -0.3 is 15.2 Å². The Balaban J connectivity index is 2.83. The fraction of sp³-hybridized carbons (Fsp3) is 0.375. The lowest BCUT2D eigenvalue weighted by atomic mass is 10.4. The van der Waals surface area contributed by atoms with E-state index in [0.717, 1.165) is 0 Å². The van der Waals surface area contributed by atoms with Crippen molar-refractivity contribution in [3.63, 3.8) is 0 Å². The second-order valence-electron chi connectivity index (χ2n) is 2.48. The minimum Gasteiger partial charge on any atom is -0.465 e. The van der Waals surface area contributed by atoms with Gasteiger partial charge in [-0.1, -0.05) is 0 Å². The number of esters is 1. The Labute approximate surface area is 80.2 Å². The van der Waals surface area contributed by atoms with E-state index in [1.807, 2.05) is 0 Å². The van der Waals surface area contributed by atoms with Crippen LogP contribution >= 0.6 is 11.3 Å². The molecule has 5 heteroatoms. The lowest BCUT2D eigenvalue weighted by Crippen LogP contribution is -2.15. The Morgan fingerprint density at radius 3 is 3.00 bits per heavy atom. The van der Waals surface area contributed by atoms with E-state index in [-0.39, 0.29) is 0 Å². The molecule has 0 aliphatic carbocycles. The van der Waals surface area contributed by atoms with Gasteiger partial charge in [-0.25, -0.2) is 4.79 Å². The van der Waals surface area contributed by atoms with E-state index in [2.05, 4.69) is 10.1 Å². The van der Waals surface area contributed by atoms with Crippen LogP contribution in [0.1, 0.15) is 16.6 Å². The summed E-state index contributed by atoms with van der Waals surface area (Å²) >= 11 is 1.28. The first-order chi connectivity index (χ1) is 6.15. The van der Waals surface area contributed by atoms with Crippen molar-refractivity contribution in [3.05, 3.63) is 16.3 Å². The van der Waals surface area contributed by atoms with E-state index >= 15 is 0 Å². The van der Waals surface area contributed by atoms with Crippen molar-refractivity contribution in [2.24, 2.45) is 0 Å². The summed E-state index contributed by atoms with van der Waals surface area (Å²) in [6.07, 6.45) is -0.682. The van der Waals surface area contributed by atoms with Gasteiger partial charge in [-0.05, 0) is 18.4 Å². The Hall–Kier alpha value is -1.07. The van der Waals surface area contributed by atoms with Crippen LogP contribution in [0.5, 0.6) is 0 Å². The summed E-state index contributed by atoms with van der Waals surface area (Å²) in [6, 6.07) is 1.73. The highest BCUT2D eigenvalue weighted by Crippen LogP contribution is 2.23. The van der Waals surface area contributed by atoms with Crippen molar-refractivity contribution in [1.82, 2.24) is 0 Å². The molecule has 0 aliphatic heterocycles. The van der Waals surface area contributed by atoms with Gasteiger partial charge in [0.05, 0.1) is 12.8 Å². The number of rotatable bonds is 3. The third-order valence-corrected chi connectivity index (χ3v) is 2.29. The van der Waals surface area contributed by atoms with Crippen LogP contribution in [0.2, 0.25) is 0 Å². The molecule has 1 aromatic rings. The fourth-order valence-electron chi connectivity index (χ4n) is 0.899. The minimum atomic E-state index is -0.682. The molecular formula is C8H11NO3S. The molecule has 1 unspecified atom stereocenters. The molecule has 0 aliphatic rings. The zero-order valence-corrected chi connectivity index (χ0v) is 8.22. The average Bonchev–Trinajstić information content (AvgIpc) is 2.50. The van der Waals surface area contributed by atoms with Crippen molar-refractivity contribution in [2.75, 3.05) is 12.4 Å². The van der Waals surface area contributed by atoms with E-state index in [0.29, 0.717) is 10.6 Å². The molecule has 1 aromatic heterocycles. The van der Waals surface area contributed by atoms with Crippen LogP contribution in [-0.4, -0.2) is 24.4 Å². The molecule has 2 N–H and O–H groups in total. The molecule has 0 fully saturated rings. The third-order valence-electron chi connectivity index (χ3n) is 1.40. The summed E-state index contributed by atoms with van der Waals surface area (Å²) in [4.78, 5) is 11.6. The van der Waals surface area contributed by atoms with Gasteiger partial charge in [0.2, 0.25) is 0 Å². The Morgan fingerprint density at radius 1 is 1.77 bits per heavy atom. The maximum Gasteiger partial charge on any atom is 0.350 e. The van der Waals surface area contributed by atoms with Crippen LogP contribution in [0.3, 0.4) is 0 Å². The van der Waals surface area contributed by atoms with Crippen molar-refractivity contribution in [1.29, 1.82) is 0 Å². The van der Waals surface area contributed by atoms with Crippen molar-refractivity contribution in [2.45, 2.75) is 13.2 Å². The number of hydrogen-bond donors (Lipinski definition) is 2. The van der Waals surface area contributed by atoms with Crippen molar-refractivity contribution >= 4 is 23.0 Å². The van der Waals surface area contributed by atoms with Crippen LogP contribution < -0.4 is 5.32 Å². The highest BCUT2D eigenvalue weighted by Gasteiger charge is 2.13. The molecule has 0 amide bonds. The number of nitrogens with one attached hydrogen (secondary N) is 1. The van der Waals surface area contributed by atoms with Gasteiger partial charge in [0, 0.05) is 0 Å². The Morgan fingerprint density at radius 2 is 2.46 bits per heavy atom. The summed E-state index contributed by atoms with van der Waals surface area (Å²) in [5.74, 6) is -0.391. The number of carbonyl (C=O) groups excluding carboxylic acids is 1. The SMILES string of the molecule is COC(=O)c1sccc1NC(C)O. The number of anilines is 1. The number of aliphatic hydroxyl groups excluding tert-OH is 1. The number of ether oxygens (including phenoxy) is 1. The van der Waals surface area contributed by atoms with Gasteiger partial charge in [-0.2, -0.15) is 0 Å². The maximum absolute atomic E-state index is 11.1. The van der Waals surface area contributed by atoms with E-state index in [1.54, 1.807) is 18.4 Å². The largest absolute Gasteiger partial charge is 0.465 e. The molecule has 1 atom stereocenters. The zero-order chi connectivity index (χ0) is 9.84. The van der Waals surface area contributed by atoms with Gasteiger partial charge >= 0.3 is 5.97 Å². The van der Waals surface area contributed by atoms with Gasteiger partial charge in [0.1, 0.15) is 11.1 Å². The summed E-state index contributed by atoms with van der Waals surface area (Å²) in [5.41, 5.74) is 0.604. The molecular weight excluding hydrogens is 190 g/mol. The number of hydrogen-bond acceptors (Lipinski definition) is 5. The molecule has 0 bridgehead atoms. The lowest BCUT2D eigenvalue weighted by molar-refractivity contribution is 0.0607. The lowest BCUT2D eigenvalue weighted by Gasteiger charge is -2.08. The first-order valence-corrected chi connectivity index (χ1v) is 4.63. The summed E-state index contributed by atoms with van der Waals surface area (Å²) in [6.45, 7) is 1.58. The number of thiophene rings is 1. The van der Waals surface area contributed by atoms with Crippen molar-refractivity contribution < 1.29 is 14.6 Å². The number of methoxy groups -OCH3 is 1. The zero-order valence-electron chi connectivity index (χ0n) is 7.40. The molecule has 4 nitrogen and oxygen atoms in total. The van der Waals surface area contributed by atoms with Crippen LogP contribution in [0.15, 0.2) is 11.4 Å². The topological polar surface area (TPSA) is 58.6 Å². The second kappa shape index (κ2) is 4.25. The van der Waals surface area contributed by atoms with Gasteiger partial charge in [0.15, 0.2) is 0 Å². The summed E-state index contributed by atoms with van der Waals surface area (Å²) in [5, 5.41) is 13.5. The summed E-state index contributed by atoms with van der Waals surface area (Å²) < 4.78 is 4.57. The third kappa shape index (κ3) is 2.43. The molecule has 1 rings (SSSR count). The average molecular weight is 201 g/mol. The molecule has 0 saturated carbocycles. The van der Waals surface area contributed by atoms with Gasteiger partial charge in [-0.3, -0.25) is 0 Å². The summed E-state index contributed by atoms with van der Waals surface area (Å²) in [7, 11) is 1.33. The van der Waals surface area contributed by atoms with Gasteiger partial charge in [-0.15, -0.1) is 11.3 Å². The highest BCUT2D eigenvalue weighted by atomic mass is 32.1. The molecule has 0 saturated heterocycles. The van der Waals surface area contributed by atoms with Crippen LogP contribution in [0.25, 0.3) is 0 Å². The molecule has 72 valence electrons. The molecule has 0 spiro atoms. The first-order valence-electron chi connectivity index (χ1n) is 3.75. The predicted octanol–water partition coefficient (Wildman–Crippen LogP) is 1.28. The van der Waals surface area contributed by atoms with E-state index in [1.165, 1.54) is 18.4 Å².